The van der Waals surface area contributed by atoms with Crippen LogP contribution >= 0.6 is 0 Å². The molecule has 6 nitrogen and oxygen atoms in total. The Morgan fingerprint density at radius 1 is 1.53 bits per heavy atom. The van der Waals surface area contributed by atoms with E-state index in [9.17, 15) is 15.2 Å². The van der Waals surface area contributed by atoms with Crippen molar-refractivity contribution in [3.8, 4) is 0 Å². The van der Waals surface area contributed by atoms with Gasteiger partial charge in [0.25, 0.3) is 5.69 Å². The van der Waals surface area contributed by atoms with E-state index in [0.717, 1.165) is 19.3 Å². The first-order chi connectivity index (χ1) is 8.06. The van der Waals surface area contributed by atoms with Crippen molar-refractivity contribution in [2.45, 2.75) is 24.8 Å². The third-order valence-electron chi connectivity index (χ3n) is 3.25. The molecule has 0 aliphatic heterocycles. The normalized spacial score (nSPS) is 17.2. The molecular weight excluding hydrogens is 222 g/mol. The molecule has 17 heavy (non-hydrogen) atoms. The molecule has 1 aromatic carbocycles. The zero-order chi connectivity index (χ0) is 12.5. The first-order valence-electron chi connectivity index (χ1n) is 5.49. The molecule has 92 valence electrons. The number of nitrogens with two attached hydrogens (primary N) is 1. The van der Waals surface area contributed by atoms with Crippen LogP contribution in [0.3, 0.4) is 0 Å². The second-order valence-electron chi connectivity index (χ2n) is 4.45. The van der Waals surface area contributed by atoms with E-state index in [2.05, 4.69) is 5.32 Å². The number of hydrogen-bond acceptors (Lipinski definition) is 5. The van der Waals surface area contributed by atoms with Gasteiger partial charge in [0.1, 0.15) is 5.69 Å². The molecule has 1 fully saturated rings. The number of nitrogens with one attached hydrogen (secondary N) is 1. The fraction of sp³-hybridized carbons (Fsp3) is 0.455. The second-order valence-corrected chi connectivity index (χ2v) is 4.45. The first kappa shape index (κ1) is 11.7. The summed E-state index contributed by atoms with van der Waals surface area (Å²) < 4.78 is 0. The van der Waals surface area contributed by atoms with E-state index in [1.165, 1.54) is 12.1 Å². The predicted molar refractivity (Wildman–Crippen MR) is 64.8 cm³/mol. The van der Waals surface area contributed by atoms with Gasteiger partial charge in [0, 0.05) is 11.8 Å². The molecule has 1 aliphatic carbocycles. The molecule has 0 heterocycles. The van der Waals surface area contributed by atoms with Gasteiger partial charge in [-0.2, -0.15) is 0 Å². The van der Waals surface area contributed by atoms with E-state index in [-0.39, 0.29) is 23.5 Å². The number of nitro groups is 1. The Kier molecular flexibility index (Phi) is 2.89. The summed E-state index contributed by atoms with van der Waals surface area (Å²) in [6, 6.07) is 4.53. The number of anilines is 2. The number of aliphatic hydroxyl groups is 1. The molecule has 1 saturated carbocycles. The average molecular weight is 237 g/mol. The van der Waals surface area contributed by atoms with Crippen LogP contribution in [0.1, 0.15) is 19.3 Å². The van der Waals surface area contributed by atoms with Crippen LogP contribution in [-0.4, -0.2) is 22.2 Å². The fourth-order valence-corrected chi connectivity index (χ4v) is 2.03. The zero-order valence-electron chi connectivity index (χ0n) is 9.35. The van der Waals surface area contributed by atoms with Crippen LogP contribution in [-0.2, 0) is 0 Å². The van der Waals surface area contributed by atoms with Gasteiger partial charge in [0.2, 0.25) is 0 Å². The quantitative estimate of drug-likeness (QED) is 0.418. The molecule has 0 saturated heterocycles. The number of nitrogen functional groups attached to an aromatic ring is 1. The van der Waals surface area contributed by atoms with Crippen LogP contribution in [0.5, 0.6) is 0 Å². The van der Waals surface area contributed by atoms with Crippen LogP contribution in [0.25, 0.3) is 0 Å². The lowest BCUT2D eigenvalue weighted by atomic mass is 9.77. The minimum atomic E-state index is -0.510. The average Bonchev–Trinajstić information content (AvgIpc) is 2.23. The fourth-order valence-electron chi connectivity index (χ4n) is 2.03. The largest absolute Gasteiger partial charge is 0.394 e. The van der Waals surface area contributed by atoms with Gasteiger partial charge in [0.15, 0.2) is 0 Å². The van der Waals surface area contributed by atoms with Gasteiger partial charge >= 0.3 is 0 Å². The highest BCUT2D eigenvalue weighted by molar-refractivity contribution is 5.66. The van der Waals surface area contributed by atoms with Crippen molar-refractivity contribution in [2.24, 2.45) is 0 Å². The summed E-state index contributed by atoms with van der Waals surface area (Å²) in [4.78, 5) is 10.1. The van der Waals surface area contributed by atoms with Gasteiger partial charge in [-0.1, -0.05) is 0 Å². The molecule has 6 heteroatoms. The molecule has 0 unspecified atom stereocenters. The topological polar surface area (TPSA) is 101 Å². The van der Waals surface area contributed by atoms with E-state index in [4.69, 9.17) is 5.73 Å². The van der Waals surface area contributed by atoms with Gasteiger partial charge in [0.05, 0.1) is 17.1 Å². The summed E-state index contributed by atoms with van der Waals surface area (Å²) >= 11 is 0. The minimum Gasteiger partial charge on any atom is -0.394 e. The SMILES string of the molecule is Nc1cc(NC2(CO)CCC2)ccc1[N+](=O)[O-]. The molecule has 2 rings (SSSR count). The second kappa shape index (κ2) is 4.21. The number of aliphatic hydroxyl groups excluding tert-OH is 1. The Hall–Kier alpha value is -1.82. The number of nitro benzene ring substituents is 1. The highest BCUT2D eigenvalue weighted by Gasteiger charge is 2.36. The zero-order valence-corrected chi connectivity index (χ0v) is 9.35. The summed E-state index contributed by atoms with van der Waals surface area (Å²) in [6.07, 6.45) is 2.89. The maximum Gasteiger partial charge on any atom is 0.292 e. The molecule has 0 spiro atoms. The van der Waals surface area contributed by atoms with E-state index in [1.807, 2.05) is 0 Å². The highest BCUT2D eigenvalue weighted by Crippen LogP contribution is 2.36. The maximum absolute atomic E-state index is 10.6. The molecular formula is C11H15N3O3. The van der Waals surface area contributed by atoms with Crippen molar-refractivity contribution in [1.82, 2.24) is 0 Å². The highest BCUT2D eigenvalue weighted by atomic mass is 16.6. The Morgan fingerprint density at radius 2 is 2.24 bits per heavy atom. The lowest BCUT2D eigenvalue weighted by Gasteiger charge is -2.41. The van der Waals surface area contributed by atoms with Crippen molar-refractivity contribution in [2.75, 3.05) is 17.7 Å². The van der Waals surface area contributed by atoms with E-state index >= 15 is 0 Å². The number of nitrogens with zero attached hydrogens (tertiary/aromatic N) is 1. The monoisotopic (exact) mass is 237 g/mol. The number of hydrogen-bond donors (Lipinski definition) is 3. The molecule has 0 radical (unpaired) electrons. The van der Waals surface area contributed by atoms with Crippen LogP contribution < -0.4 is 11.1 Å². The molecule has 1 aliphatic rings. The Balaban J connectivity index is 2.17. The lowest BCUT2D eigenvalue weighted by molar-refractivity contribution is -0.383. The number of benzene rings is 1. The molecule has 0 amide bonds. The van der Waals surface area contributed by atoms with Gasteiger partial charge in [-0.25, -0.2) is 0 Å². The lowest BCUT2D eigenvalue weighted by Crippen LogP contribution is -2.48. The van der Waals surface area contributed by atoms with Crippen molar-refractivity contribution in [1.29, 1.82) is 0 Å². The van der Waals surface area contributed by atoms with Gasteiger partial charge < -0.3 is 16.2 Å². The standard InChI is InChI=1S/C11H15N3O3/c12-9-6-8(2-3-10(9)14(16)17)13-11(7-15)4-1-5-11/h2-3,6,13,15H,1,4-5,7,12H2. The Labute approximate surface area is 98.6 Å². The van der Waals surface area contributed by atoms with Crippen molar-refractivity contribution in [3.05, 3.63) is 28.3 Å². The summed E-state index contributed by atoms with van der Waals surface area (Å²) in [5.74, 6) is 0. The molecule has 0 bridgehead atoms. The molecule has 0 atom stereocenters. The summed E-state index contributed by atoms with van der Waals surface area (Å²) in [5.41, 5.74) is 6.07. The van der Waals surface area contributed by atoms with Crippen LogP contribution in [0, 0.1) is 10.1 Å². The van der Waals surface area contributed by atoms with Gasteiger partial charge in [-0.05, 0) is 31.4 Å². The first-order valence-corrected chi connectivity index (χ1v) is 5.49. The third-order valence-corrected chi connectivity index (χ3v) is 3.25. The number of rotatable bonds is 4. The van der Waals surface area contributed by atoms with Gasteiger partial charge in [-0.3, -0.25) is 10.1 Å². The minimum absolute atomic E-state index is 0.0594. The Morgan fingerprint density at radius 3 is 2.65 bits per heavy atom. The summed E-state index contributed by atoms with van der Waals surface area (Å²) in [7, 11) is 0. The van der Waals surface area contributed by atoms with Crippen LogP contribution in [0.15, 0.2) is 18.2 Å². The summed E-state index contributed by atoms with van der Waals surface area (Å²) in [6.45, 7) is 0.0594. The predicted octanol–water partition coefficient (Wildman–Crippen LogP) is 1.50. The van der Waals surface area contributed by atoms with E-state index in [0.29, 0.717) is 5.69 Å². The van der Waals surface area contributed by atoms with E-state index < -0.39 is 4.92 Å². The van der Waals surface area contributed by atoms with Crippen molar-refractivity contribution in [3.63, 3.8) is 0 Å². The van der Waals surface area contributed by atoms with Crippen LogP contribution in [0.4, 0.5) is 17.1 Å². The van der Waals surface area contributed by atoms with Gasteiger partial charge in [-0.15, -0.1) is 0 Å². The Bertz CT molecular complexity index is 438. The van der Waals surface area contributed by atoms with Crippen molar-refractivity contribution < 1.29 is 10.0 Å². The molecule has 4 N–H and O–H groups in total. The van der Waals surface area contributed by atoms with Crippen LogP contribution in [0.2, 0.25) is 0 Å². The smallest absolute Gasteiger partial charge is 0.292 e. The maximum atomic E-state index is 10.6. The molecule has 1 aromatic rings. The molecule has 0 aromatic heterocycles. The van der Waals surface area contributed by atoms with E-state index in [1.54, 1.807) is 6.07 Å². The van der Waals surface area contributed by atoms with Crippen molar-refractivity contribution >= 4 is 17.1 Å². The summed E-state index contributed by atoms with van der Waals surface area (Å²) in [5, 5.41) is 23.1. The third kappa shape index (κ3) is 2.16.